The Morgan fingerprint density at radius 2 is 2.00 bits per heavy atom. The van der Waals surface area contributed by atoms with Crippen LogP contribution < -0.4 is 4.74 Å². The molecule has 1 N–H and O–H groups in total. The van der Waals surface area contributed by atoms with E-state index in [0.717, 1.165) is 5.56 Å². The lowest BCUT2D eigenvalue weighted by atomic mass is 9.97. The minimum atomic E-state index is -4.15. The topological polar surface area (TPSA) is 32.7 Å². The fourth-order valence-corrected chi connectivity index (χ4v) is 2.67. The molecule has 0 aliphatic carbocycles. The Morgan fingerprint density at radius 3 is 2.64 bits per heavy atom. The number of aliphatic hydroxyl groups excluding tert-OH is 1. The molecule has 3 nitrogen and oxygen atoms in total. The van der Waals surface area contributed by atoms with Crippen molar-refractivity contribution in [2.45, 2.75) is 32.0 Å². The van der Waals surface area contributed by atoms with Gasteiger partial charge in [-0.1, -0.05) is 17.7 Å². The van der Waals surface area contributed by atoms with E-state index in [-0.39, 0.29) is 26.1 Å². The summed E-state index contributed by atoms with van der Waals surface area (Å²) in [5.74, 6) is -0.636. The summed E-state index contributed by atoms with van der Waals surface area (Å²) in [6, 6.07) is 7.42. The molecule has 1 aromatic carbocycles. The van der Waals surface area contributed by atoms with Crippen LogP contribution >= 0.6 is 0 Å². The number of likely N-dealkylation sites (tertiary alicyclic amines) is 1. The van der Waals surface area contributed by atoms with Gasteiger partial charge < -0.3 is 14.7 Å². The van der Waals surface area contributed by atoms with E-state index < -0.39 is 18.2 Å². The molecular formula is C16H22F3NO2. The van der Waals surface area contributed by atoms with Crippen LogP contribution in [-0.4, -0.2) is 48.5 Å². The Balaban J connectivity index is 1.76. The first kappa shape index (κ1) is 17.1. The van der Waals surface area contributed by atoms with Gasteiger partial charge in [-0.3, -0.25) is 0 Å². The molecule has 2 rings (SSSR count). The van der Waals surface area contributed by atoms with Crippen LogP contribution in [0.1, 0.15) is 18.4 Å². The molecule has 6 heteroatoms. The normalized spacial score (nSPS) is 21.6. The van der Waals surface area contributed by atoms with Crippen LogP contribution in [0.2, 0.25) is 0 Å². The summed E-state index contributed by atoms with van der Waals surface area (Å²) in [7, 11) is 0. The first-order chi connectivity index (χ1) is 10.3. The number of rotatable bonds is 5. The van der Waals surface area contributed by atoms with Crippen LogP contribution in [0.25, 0.3) is 0 Å². The van der Waals surface area contributed by atoms with Crippen molar-refractivity contribution in [3.05, 3.63) is 29.8 Å². The Labute approximate surface area is 128 Å². The second-order valence-corrected chi connectivity index (χ2v) is 5.92. The largest absolute Gasteiger partial charge is 0.491 e. The molecule has 1 heterocycles. The van der Waals surface area contributed by atoms with Crippen molar-refractivity contribution in [2.24, 2.45) is 5.92 Å². The first-order valence-corrected chi connectivity index (χ1v) is 7.51. The first-order valence-electron chi connectivity index (χ1n) is 7.51. The average Bonchev–Trinajstić information content (AvgIpc) is 2.46. The van der Waals surface area contributed by atoms with E-state index in [4.69, 9.17) is 4.74 Å². The number of aryl methyl sites for hydroxylation is 1. The molecule has 0 saturated carbocycles. The summed E-state index contributed by atoms with van der Waals surface area (Å²) in [6.07, 6.45) is -4.26. The number of piperidine rings is 1. The van der Waals surface area contributed by atoms with E-state index in [9.17, 15) is 18.3 Å². The number of hydrogen-bond acceptors (Lipinski definition) is 3. The van der Waals surface area contributed by atoms with Gasteiger partial charge in [-0.25, -0.2) is 0 Å². The zero-order chi connectivity index (χ0) is 16.2. The molecule has 0 amide bonds. The molecule has 1 saturated heterocycles. The molecule has 2 atom stereocenters. The molecule has 0 radical (unpaired) electrons. The number of β-amino-alcohol motifs (C(OH)–C–C–N with tert-alkyl or cyclic N) is 1. The smallest absolute Gasteiger partial charge is 0.393 e. The lowest BCUT2D eigenvalue weighted by Crippen LogP contribution is -2.45. The van der Waals surface area contributed by atoms with E-state index in [2.05, 4.69) is 0 Å². The third kappa shape index (κ3) is 5.18. The van der Waals surface area contributed by atoms with E-state index in [1.807, 2.05) is 31.2 Å². The van der Waals surface area contributed by atoms with Crippen molar-refractivity contribution in [1.29, 1.82) is 0 Å². The van der Waals surface area contributed by atoms with E-state index >= 15 is 0 Å². The van der Waals surface area contributed by atoms with Crippen molar-refractivity contribution in [3.63, 3.8) is 0 Å². The number of hydrogen-bond donors (Lipinski definition) is 1. The SMILES string of the molecule is Cc1ccc(OC[C@@H](O)CN2CCC[C@H](C(F)(F)F)C2)cc1. The second-order valence-electron chi connectivity index (χ2n) is 5.92. The maximum atomic E-state index is 12.7. The van der Waals surface area contributed by atoms with E-state index in [1.54, 1.807) is 4.90 Å². The number of ether oxygens (including phenoxy) is 1. The maximum Gasteiger partial charge on any atom is 0.393 e. The fourth-order valence-electron chi connectivity index (χ4n) is 2.67. The highest BCUT2D eigenvalue weighted by molar-refractivity contribution is 5.26. The molecule has 22 heavy (non-hydrogen) atoms. The van der Waals surface area contributed by atoms with Crippen molar-refractivity contribution in [1.82, 2.24) is 4.90 Å². The zero-order valence-corrected chi connectivity index (χ0v) is 12.6. The third-order valence-corrected chi connectivity index (χ3v) is 3.90. The highest BCUT2D eigenvalue weighted by Gasteiger charge is 2.41. The number of halogens is 3. The number of aliphatic hydroxyl groups is 1. The van der Waals surface area contributed by atoms with Gasteiger partial charge in [0.15, 0.2) is 0 Å². The van der Waals surface area contributed by atoms with Gasteiger partial charge in [0, 0.05) is 13.1 Å². The molecular weight excluding hydrogens is 295 g/mol. The molecule has 124 valence electrons. The second kappa shape index (κ2) is 7.33. The van der Waals surface area contributed by atoms with Crippen LogP contribution in [0.3, 0.4) is 0 Å². The number of alkyl halides is 3. The van der Waals surface area contributed by atoms with Gasteiger partial charge in [-0.15, -0.1) is 0 Å². The molecule has 0 bridgehead atoms. The lowest BCUT2D eigenvalue weighted by Gasteiger charge is -2.34. The van der Waals surface area contributed by atoms with Gasteiger partial charge in [0.25, 0.3) is 0 Å². The summed E-state index contributed by atoms with van der Waals surface area (Å²) in [4.78, 5) is 1.67. The van der Waals surface area contributed by atoms with Crippen LogP contribution in [0.15, 0.2) is 24.3 Å². The lowest BCUT2D eigenvalue weighted by molar-refractivity contribution is -0.187. The molecule has 0 spiro atoms. The molecule has 0 aromatic heterocycles. The highest BCUT2D eigenvalue weighted by atomic mass is 19.4. The highest BCUT2D eigenvalue weighted by Crippen LogP contribution is 2.33. The van der Waals surface area contributed by atoms with Gasteiger partial charge in [-0.2, -0.15) is 13.2 Å². The predicted molar refractivity (Wildman–Crippen MR) is 77.9 cm³/mol. The monoisotopic (exact) mass is 317 g/mol. The molecule has 1 aliphatic heterocycles. The van der Waals surface area contributed by atoms with E-state index in [0.29, 0.717) is 18.7 Å². The molecule has 1 aromatic rings. The Hall–Kier alpha value is -1.27. The van der Waals surface area contributed by atoms with Crippen LogP contribution in [-0.2, 0) is 0 Å². The van der Waals surface area contributed by atoms with Crippen molar-refractivity contribution < 1.29 is 23.0 Å². The van der Waals surface area contributed by atoms with Gasteiger partial charge in [0.05, 0.1) is 5.92 Å². The van der Waals surface area contributed by atoms with Crippen LogP contribution in [0.5, 0.6) is 5.75 Å². The van der Waals surface area contributed by atoms with Gasteiger partial charge in [-0.05, 0) is 38.4 Å². The Bertz CT molecular complexity index is 461. The van der Waals surface area contributed by atoms with Crippen LogP contribution in [0.4, 0.5) is 13.2 Å². The minimum absolute atomic E-state index is 0.0366. The molecule has 1 fully saturated rings. The summed E-state index contributed by atoms with van der Waals surface area (Å²) >= 11 is 0. The number of nitrogens with zero attached hydrogens (tertiary/aromatic N) is 1. The van der Waals surface area contributed by atoms with Crippen LogP contribution in [0, 0.1) is 12.8 Å². The summed E-state index contributed by atoms with van der Waals surface area (Å²) < 4.78 is 43.7. The summed E-state index contributed by atoms with van der Waals surface area (Å²) in [6.45, 7) is 2.81. The average molecular weight is 317 g/mol. The zero-order valence-electron chi connectivity index (χ0n) is 12.6. The fraction of sp³-hybridized carbons (Fsp3) is 0.625. The van der Waals surface area contributed by atoms with Crippen molar-refractivity contribution in [2.75, 3.05) is 26.2 Å². The van der Waals surface area contributed by atoms with Gasteiger partial charge in [0.1, 0.15) is 18.5 Å². The van der Waals surface area contributed by atoms with E-state index in [1.165, 1.54) is 0 Å². The maximum absolute atomic E-state index is 12.7. The third-order valence-electron chi connectivity index (χ3n) is 3.90. The molecule has 1 aliphatic rings. The minimum Gasteiger partial charge on any atom is -0.491 e. The van der Waals surface area contributed by atoms with Crippen molar-refractivity contribution in [3.8, 4) is 5.75 Å². The summed E-state index contributed by atoms with van der Waals surface area (Å²) in [5.41, 5.74) is 1.11. The Kier molecular flexibility index (Phi) is 5.69. The van der Waals surface area contributed by atoms with Crippen molar-refractivity contribution >= 4 is 0 Å². The summed E-state index contributed by atoms with van der Waals surface area (Å²) in [5, 5.41) is 9.96. The predicted octanol–water partition coefficient (Wildman–Crippen LogP) is 3.01. The number of benzene rings is 1. The standard InChI is InChI=1S/C16H22F3NO2/c1-12-4-6-15(7-5-12)22-11-14(21)10-20-8-2-3-13(9-20)16(17,18)19/h4-7,13-14,21H,2-3,8-11H2,1H3/t13-,14-/m0/s1. The van der Waals surface area contributed by atoms with Gasteiger partial charge >= 0.3 is 6.18 Å². The quantitative estimate of drug-likeness (QED) is 0.906. The Morgan fingerprint density at radius 1 is 1.32 bits per heavy atom. The molecule has 0 unspecified atom stereocenters. The van der Waals surface area contributed by atoms with Gasteiger partial charge in [0.2, 0.25) is 0 Å².